The summed E-state index contributed by atoms with van der Waals surface area (Å²) in [5.41, 5.74) is 1.66. The first-order valence-corrected chi connectivity index (χ1v) is 6.18. The quantitative estimate of drug-likeness (QED) is 0.876. The van der Waals surface area contributed by atoms with Crippen molar-refractivity contribution in [1.82, 2.24) is 0 Å². The zero-order chi connectivity index (χ0) is 14.7. The number of hydrogen-bond donors (Lipinski definition) is 1. The molecule has 0 spiro atoms. The van der Waals surface area contributed by atoms with Crippen LogP contribution in [0.3, 0.4) is 0 Å². The Morgan fingerprint density at radius 3 is 2.30 bits per heavy atom. The lowest BCUT2D eigenvalue weighted by molar-refractivity contribution is 0.112. The van der Waals surface area contributed by atoms with Crippen molar-refractivity contribution in [3.8, 4) is 28.4 Å². The van der Waals surface area contributed by atoms with E-state index in [0.717, 1.165) is 5.56 Å². The van der Waals surface area contributed by atoms with E-state index in [1.54, 1.807) is 24.3 Å². The number of methoxy groups -OCH3 is 2. The number of benzene rings is 2. The van der Waals surface area contributed by atoms with Crippen molar-refractivity contribution in [1.29, 1.82) is 0 Å². The van der Waals surface area contributed by atoms with Crippen molar-refractivity contribution in [3.05, 3.63) is 40.9 Å². The molecule has 0 saturated carbocycles. The fourth-order valence-corrected chi connectivity index (χ4v) is 2.15. The largest absolute Gasteiger partial charge is 0.504 e. The summed E-state index contributed by atoms with van der Waals surface area (Å²) in [6.07, 6.45) is 0.576. The van der Waals surface area contributed by atoms with E-state index < -0.39 is 0 Å². The third kappa shape index (κ3) is 2.56. The minimum atomic E-state index is -0.175. The Kier molecular flexibility index (Phi) is 4.15. The fraction of sp³-hybridized carbons (Fsp3) is 0.133. The lowest BCUT2D eigenvalue weighted by atomic mass is 10.0. The van der Waals surface area contributed by atoms with Crippen LogP contribution < -0.4 is 9.47 Å². The van der Waals surface area contributed by atoms with Crippen LogP contribution in [-0.4, -0.2) is 25.6 Å². The predicted octanol–water partition coefficient (Wildman–Crippen LogP) is 3.54. The number of rotatable bonds is 4. The number of carbonyl (C=O) groups is 1. The Morgan fingerprint density at radius 1 is 1.05 bits per heavy atom. The van der Waals surface area contributed by atoms with Gasteiger partial charge in [-0.3, -0.25) is 4.79 Å². The topological polar surface area (TPSA) is 55.8 Å². The number of carbonyl (C=O) groups excluding carboxylic acids is 1. The molecule has 0 heterocycles. The smallest absolute Gasteiger partial charge is 0.168 e. The van der Waals surface area contributed by atoms with Crippen LogP contribution in [0.2, 0.25) is 5.02 Å². The Balaban J connectivity index is 2.57. The van der Waals surface area contributed by atoms with E-state index in [-0.39, 0.29) is 17.1 Å². The van der Waals surface area contributed by atoms with Gasteiger partial charge in [-0.15, -0.1) is 0 Å². The van der Waals surface area contributed by atoms with Crippen molar-refractivity contribution < 1.29 is 19.4 Å². The SMILES string of the molecule is COc1ccc(-c2cc(C=O)c(O)c(OC)c2)cc1Cl. The highest BCUT2D eigenvalue weighted by molar-refractivity contribution is 6.32. The number of aldehydes is 1. The molecule has 0 aliphatic rings. The third-order valence-electron chi connectivity index (χ3n) is 2.94. The fourth-order valence-electron chi connectivity index (χ4n) is 1.89. The Hall–Kier alpha value is -2.20. The summed E-state index contributed by atoms with van der Waals surface area (Å²) < 4.78 is 10.2. The van der Waals surface area contributed by atoms with E-state index in [1.807, 2.05) is 6.07 Å². The number of halogens is 1. The lowest BCUT2D eigenvalue weighted by Gasteiger charge is -2.10. The van der Waals surface area contributed by atoms with Gasteiger partial charge in [-0.1, -0.05) is 17.7 Å². The summed E-state index contributed by atoms with van der Waals surface area (Å²) >= 11 is 6.08. The first kappa shape index (κ1) is 14.2. The second-order valence-electron chi connectivity index (χ2n) is 4.08. The van der Waals surface area contributed by atoms with Gasteiger partial charge in [-0.2, -0.15) is 0 Å². The number of hydrogen-bond acceptors (Lipinski definition) is 4. The summed E-state index contributed by atoms with van der Waals surface area (Å²) in [6, 6.07) is 8.48. The summed E-state index contributed by atoms with van der Waals surface area (Å²) in [4.78, 5) is 11.0. The van der Waals surface area contributed by atoms with Gasteiger partial charge in [0.05, 0.1) is 24.8 Å². The van der Waals surface area contributed by atoms with E-state index in [1.165, 1.54) is 14.2 Å². The van der Waals surface area contributed by atoms with Crippen molar-refractivity contribution in [2.75, 3.05) is 14.2 Å². The number of phenols is 1. The molecule has 0 aromatic heterocycles. The van der Waals surface area contributed by atoms with Gasteiger partial charge < -0.3 is 14.6 Å². The predicted molar refractivity (Wildman–Crippen MR) is 77.0 cm³/mol. The number of phenolic OH excluding ortho intramolecular Hbond substituents is 1. The molecule has 2 aromatic rings. The van der Waals surface area contributed by atoms with E-state index in [2.05, 4.69) is 0 Å². The van der Waals surface area contributed by atoms with Gasteiger partial charge >= 0.3 is 0 Å². The normalized spacial score (nSPS) is 10.2. The van der Waals surface area contributed by atoms with Gasteiger partial charge in [0.1, 0.15) is 5.75 Å². The first-order chi connectivity index (χ1) is 9.60. The highest BCUT2D eigenvalue weighted by atomic mass is 35.5. The number of aromatic hydroxyl groups is 1. The van der Waals surface area contributed by atoms with Crippen LogP contribution in [0.15, 0.2) is 30.3 Å². The molecule has 0 aliphatic heterocycles. The van der Waals surface area contributed by atoms with Crippen LogP contribution in [0, 0.1) is 0 Å². The maximum Gasteiger partial charge on any atom is 0.168 e. The molecule has 0 aliphatic carbocycles. The first-order valence-electron chi connectivity index (χ1n) is 5.80. The second-order valence-corrected chi connectivity index (χ2v) is 4.49. The summed E-state index contributed by atoms with van der Waals surface area (Å²) in [7, 11) is 2.96. The maximum atomic E-state index is 11.0. The minimum absolute atomic E-state index is 0.159. The average molecular weight is 293 g/mol. The summed E-state index contributed by atoms with van der Waals surface area (Å²) in [5, 5.41) is 10.3. The van der Waals surface area contributed by atoms with E-state index >= 15 is 0 Å². The molecule has 4 nitrogen and oxygen atoms in total. The van der Waals surface area contributed by atoms with Gasteiger partial charge in [0.2, 0.25) is 0 Å². The van der Waals surface area contributed by atoms with Crippen LogP contribution in [0.25, 0.3) is 11.1 Å². The van der Waals surface area contributed by atoms with Crippen LogP contribution in [0.5, 0.6) is 17.2 Å². The minimum Gasteiger partial charge on any atom is -0.504 e. The van der Waals surface area contributed by atoms with E-state index in [0.29, 0.717) is 22.6 Å². The van der Waals surface area contributed by atoms with Gasteiger partial charge in [0.25, 0.3) is 0 Å². The molecular formula is C15H13ClO4. The molecule has 20 heavy (non-hydrogen) atoms. The van der Waals surface area contributed by atoms with Crippen molar-refractivity contribution in [3.63, 3.8) is 0 Å². The molecule has 5 heteroatoms. The monoisotopic (exact) mass is 292 g/mol. The molecule has 2 aromatic carbocycles. The highest BCUT2D eigenvalue weighted by Crippen LogP contribution is 2.36. The molecule has 2 rings (SSSR count). The maximum absolute atomic E-state index is 11.0. The van der Waals surface area contributed by atoms with Crippen LogP contribution in [0.4, 0.5) is 0 Å². The van der Waals surface area contributed by atoms with E-state index in [4.69, 9.17) is 21.1 Å². The zero-order valence-electron chi connectivity index (χ0n) is 11.0. The molecule has 0 fully saturated rings. The molecule has 0 bridgehead atoms. The molecule has 0 unspecified atom stereocenters. The second kappa shape index (κ2) is 5.84. The lowest BCUT2D eigenvalue weighted by Crippen LogP contribution is -1.91. The van der Waals surface area contributed by atoms with Gasteiger partial charge in [-0.25, -0.2) is 0 Å². The average Bonchev–Trinajstić information content (AvgIpc) is 2.47. The summed E-state index contributed by atoms with van der Waals surface area (Å²) in [6.45, 7) is 0. The Bertz CT molecular complexity index is 653. The van der Waals surface area contributed by atoms with E-state index in [9.17, 15) is 9.90 Å². The molecule has 0 radical (unpaired) electrons. The number of ether oxygens (including phenoxy) is 2. The van der Waals surface area contributed by atoms with Gasteiger partial charge in [0, 0.05) is 0 Å². The van der Waals surface area contributed by atoms with Crippen molar-refractivity contribution in [2.24, 2.45) is 0 Å². The van der Waals surface area contributed by atoms with Crippen LogP contribution >= 0.6 is 11.6 Å². The van der Waals surface area contributed by atoms with Gasteiger partial charge in [0.15, 0.2) is 17.8 Å². The van der Waals surface area contributed by atoms with Gasteiger partial charge in [-0.05, 0) is 35.4 Å². The van der Waals surface area contributed by atoms with Crippen molar-refractivity contribution >= 4 is 17.9 Å². The molecule has 104 valence electrons. The van der Waals surface area contributed by atoms with Crippen LogP contribution in [-0.2, 0) is 0 Å². The Morgan fingerprint density at radius 2 is 1.75 bits per heavy atom. The third-order valence-corrected chi connectivity index (χ3v) is 3.23. The molecule has 0 saturated heterocycles. The molecule has 1 N–H and O–H groups in total. The highest BCUT2D eigenvalue weighted by Gasteiger charge is 2.12. The Labute approximate surface area is 121 Å². The molecule has 0 amide bonds. The molecule has 0 atom stereocenters. The standard InChI is InChI=1S/C15H13ClO4/c1-19-13-4-3-9(6-12(13)16)10-5-11(8-17)15(18)14(7-10)20-2/h3-8,18H,1-2H3. The van der Waals surface area contributed by atoms with Crippen molar-refractivity contribution in [2.45, 2.75) is 0 Å². The van der Waals surface area contributed by atoms with Crippen LogP contribution in [0.1, 0.15) is 10.4 Å². The molecular weight excluding hydrogens is 280 g/mol. The summed E-state index contributed by atoms with van der Waals surface area (Å²) in [5.74, 6) is 0.624. The zero-order valence-corrected chi connectivity index (χ0v) is 11.8.